The molecule has 0 radical (unpaired) electrons. The van der Waals surface area contributed by atoms with Gasteiger partial charge in [0.1, 0.15) is 11.5 Å². The third-order valence-electron chi connectivity index (χ3n) is 2.33. The SMILES string of the molecule is Cc1nnc(NN=Cc2cc(Br)c(O)cc2O)n1N.Cl. The van der Waals surface area contributed by atoms with E-state index in [2.05, 4.69) is 36.7 Å². The molecule has 108 valence electrons. The van der Waals surface area contributed by atoms with Crippen molar-refractivity contribution in [3.63, 3.8) is 0 Å². The van der Waals surface area contributed by atoms with Gasteiger partial charge in [-0.1, -0.05) is 0 Å². The minimum absolute atomic E-state index is 0. The highest BCUT2D eigenvalue weighted by Crippen LogP contribution is 2.30. The average Bonchev–Trinajstić information content (AvgIpc) is 2.67. The number of phenolic OH excluding ortho intramolecular Hbond substituents is 2. The molecule has 0 atom stereocenters. The molecule has 0 saturated carbocycles. The van der Waals surface area contributed by atoms with Gasteiger partial charge in [-0.3, -0.25) is 0 Å². The number of hydrogen-bond acceptors (Lipinski definition) is 7. The quantitative estimate of drug-likeness (QED) is 0.371. The maximum Gasteiger partial charge on any atom is 0.263 e. The highest BCUT2D eigenvalue weighted by atomic mass is 79.9. The van der Waals surface area contributed by atoms with Gasteiger partial charge in [-0.2, -0.15) is 5.10 Å². The Bertz CT molecular complexity index is 645. The van der Waals surface area contributed by atoms with Crippen LogP contribution in [0.5, 0.6) is 11.5 Å². The fraction of sp³-hybridized carbons (Fsp3) is 0.100. The standard InChI is InChI=1S/C10H11BrN6O2.ClH/c1-5-14-16-10(17(5)12)15-13-4-6-2-7(11)9(19)3-8(6)18;/h2-4,18-19H,12H2,1H3,(H,15,16);1H. The number of benzene rings is 1. The van der Waals surface area contributed by atoms with Crippen LogP contribution in [0.1, 0.15) is 11.4 Å². The summed E-state index contributed by atoms with van der Waals surface area (Å²) >= 11 is 3.14. The summed E-state index contributed by atoms with van der Waals surface area (Å²) in [7, 11) is 0. The fourth-order valence-electron chi connectivity index (χ4n) is 1.27. The van der Waals surface area contributed by atoms with Crippen LogP contribution in [0, 0.1) is 6.92 Å². The molecule has 8 nitrogen and oxygen atoms in total. The molecule has 1 aromatic carbocycles. The zero-order valence-corrected chi connectivity index (χ0v) is 12.7. The molecule has 0 aliphatic heterocycles. The van der Waals surface area contributed by atoms with Crippen LogP contribution < -0.4 is 11.3 Å². The van der Waals surface area contributed by atoms with Crippen LogP contribution >= 0.6 is 28.3 Å². The lowest BCUT2D eigenvalue weighted by Crippen LogP contribution is -2.13. The molecule has 0 fully saturated rings. The zero-order chi connectivity index (χ0) is 14.0. The number of nitrogens with one attached hydrogen (secondary N) is 1. The molecule has 5 N–H and O–H groups in total. The highest BCUT2D eigenvalue weighted by molar-refractivity contribution is 9.10. The van der Waals surface area contributed by atoms with Crippen LogP contribution in [0.2, 0.25) is 0 Å². The fourth-order valence-corrected chi connectivity index (χ4v) is 1.64. The largest absolute Gasteiger partial charge is 0.507 e. The number of hydrogen-bond donors (Lipinski definition) is 4. The van der Waals surface area contributed by atoms with E-state index in [0.29, 0.717) is 15.9 Å². The molecule has 0 aliphatic carbocycles. The van der Waals surface area contributed by atoms with Crippen molar-refractivity contribution in [2.45, 2.75) is 6.92 Å². The van der Waals surface area contributed by atoms with E-state index in [0.717, 1.165) is 0 Å². The number of rotatable bonds is 3. The summed E-state index contributed by atoms with van der Waals surface area (Å²) in [6.07, 6.45) is 1.36. The molecule has 0 unspecified atom stereocenters. The normalized spacial score (nSPS) is 10.5. The second-order valence-electron chi connectivity index (χ2n) is 3.67. The summed E-state index contributed by atoms with van der Waals surface area (Å²) in [5, 5.41) is 30.4. The number of phenols is 2. The van der Waals surface area contributed by atoms with Gasteiger partial charge in [0.2, 0.25) is 0 Å². The summed E-state index contributed by atoms with van der Waals surface area (Å²) in [6, 6.07) is 2.73. The van der Waals surface area contributed by atoms with Gasteiger partial charge in [0.15, 0.2) is 5.82 Å². The molecule has 20 heavy (non-hydrogen) atoms. The molecule has 0 amide bonds. The Morgan fingerprint density at radius 3 is 2.65 bits per heavy atom. The lowest BCUT2D eigenvalue weighted by molar-refractivity contribution is 0.448. The average molecular weight is 364 g/mol. The Morgan fingerprint density at radius 2 is 2.05 bits per heavy atom. The van der Waals surface area contributed by atoms with E-state index < -0.39 is 0 Å². The van der Waals surface area contributed by atoms with Crippen LogP contribution in [-0.4, -0.2) is 31.3 Å². The zero-order valence-electron chi connectivity index (χ0n) is 10.3. The van der Waals surface area contributed by atoms with Crippen LogP contribution in [0.4, 0.5) is 5.95 Å². The molecule has 0 bridgehead atoms. The summed E-state index contributed by atoms with van der Waals surface area (Å²) < 4.78 is 1.69. The number of aryl methyl sites for hydroxylation is 1. The van der Waals surface area contributed by atoms with Crippen molar-refractivity contribution >= 4 is 40.5 Å². The van der Waals surface area contributed by atoms with Crippen molar-refractivity contribution in [1.82, 2.24) is 14.9 Å². The molecule has 2 rings (SSSR count). The first kappa shape index (κ1) is 16.1. The molecular weight excluding hydrogens is 352 g/mol. The maximum absolute atomic E-state index is 9.61. The van der Waals surface area contributed by atoms with Crippen molar-refractivity contribution in [3.8, 4) is 11.5 Å². The summed E-state index contributed by atoms with van der Waals surface area (Å²) in [6.45, 7) is 1.70. The van der Waals surface area contributed by atoms with Crippen molar-refractivity contribution < 1.29 is 10.2 Å². The number of nitrogen functional groups attached to an aromatic ring is 1. The lowest BCUT2D eigenvalue weighted by Gasteiger charge is -2.03. The first-order valence-corrected chi connectivity index (χ1v) is 5.96. The van der Waals surface area contributed by atoms with Gasteiger partial charge in [-0.25, -0.2) is 10.1 Å². The summed E-state index contributed by atoms with van der Waals surface area (Å²) in [4.78, 5) is 0. The lowest BCUT2D eigenvalue weighted by atomic mass is 10.2. The predicted octanol–water partition coefficient (Wildman–Crippen LogP) is 1.34. The number of hydrazone groups is 1. The van der Waals surface area contributed by atoms with E-state index in [1.165, 1.54) is 23.0 Å². The second kappa shape index (κ2) is 6.44. The highest BCUT2D eigenvalue weighted by Gasteiger charge is 2.06. The van der Waals surface area contributed by atoms with Gasteiger partial charge < -0.3 is 16.1 Å². The van der Waals surface area contributed by atoms with Crippen LogP contribution in [0.25, 0.3) is 0 Å². The van der Waals surface area contributed by atoms with Crippen molar-refractivity contribution in [3.05, 3.63) is 28.0 Å². The minimum Gasteiger partial charge on any atom is -0.507 e. The third kappa shape index (κ3) is 3.31. The van der Waals surface area contributed by atoms with Gasteiger partial charge >= 0.3 is 0 Å². The Hall–Kier alpha value is -2.00. The Balaban J connectivity index is 0.00000200. The molecule has 1 aromatic heterocycles. The van der Waals surface area contributed by atoms with Gasteiger partial charge in [-0.15, -0.1) is 22.6 Å². The van der Waals surface area contributed by atoms with E-state index in [1.807, 2.05) is 0 Å². The second-order valence-corrected chi connectivity index (χ2v) is 4.53. The van der Waals surface area contributed by atoms with E-state index >= 15 is 0 Å². The first-order valence-electron chi connectivity index (χ1n) is 5.16. The Morgan fingerprint density at radius 1 is 1.35 bits per heavy atom. The number of aromatic nitrogens is 3. The maximum atomic E-state index is 9.61. The minimum atomic E-state index is -0.100. The number of nitrogens with two attached hydrogens (primary N) is 1. The van der Waals surface area contributed by atoms with Gasteiger partial charge in [0.05, 0.1) is 10.7 Å². The topological polar surface area (TPSA) is 122 Å². The smallest absolute Gasteiger partial charge is 0.263 e. The molecule has 1 heterocycles. The van der Waals surface area contributed by atoms with E-state index in [4.69, 9.17) is 5.84 Å². The van der Waals surface area contributed by atoms with Crippen molar-refractivity contribution in [2.24, 2.45) is 5.10 Å². The summed E-state index contributed by atoms with van der Waals surface area (Å²) in [5.41, 5.74) is 3.00. The van der Waals surface area contributed by atoms with Crippen LogP contribution in [0.15, 0.2) is 21.7 Å². The molecule has 0 aliphatic rings. The molecule has 0 spiro atoms. The number of nitrogens with zero attached hydrogens (tertiary/aromatic N) is 4. The predicted molar refractivity (Wildman–Crippen MR) is 80.8 cm³/mol. The van der Waals surface area contributed by atoms with Crippen molar-refractivity contribution in [1.29, 1.82) is 0 Å². The van der Waals surface area contributed by atoms with E-state index in [1.54, 1.807) is 6.92 Å². The Kier molecular flexibility index (Phi) is 5.17. The van der Waals surface area contributed by atoms with E-state index in [-0.39, 0.29) is 29.9 Å². The van der Waals surface area contributed by atoms with Crippen LogP contribution in [-0.2, 0) is 0 Å². The molecule has 0 saturated heterocycles. The number of anilines is 1. The van der Waals surface area contributed by atoms with Crippen molar-refractivity contribution in [2.75, 3.05) is 11.3 Å². The van der Waals surface area contributed by atoms with Crippen LogP contribution in [0.3, 0.4) is 0 Å². The first-order chi connectivity index (χ1) is 8.99. The molecular formula is C10H12BrClN6O2. The molecule has 2 aromatic rings. The third-order valence-corrected chi connectivity index (χ3v) is 2.97. The van der Waals surface area contributed by atoms with Gasteiger partial charge in [0.25, 0.3) is 5.95 Å². The molecule has 10 heteroatoms. The number of aromatic hydroxyl groups is 2. The van der Waals surface area contributed by atoms with Gasteiger partial charge in [0, 0.05) is 11.6 Å². The van der Waals surface area contributed by atoms with Gasteiger partial charge in [-0.05, 0) is 28.9 Å². The monoisotopic (exact) mass is 362 g/mol. The Labute approximate surface area is 128 Å². The summed E-state index contributed by atoms with van der Waals surface area (Å²) in [5.74, 6) is 6.27. The van der Waals surface area contributed by atoms with E-state index in [9.17, 15) is 10.2 Å². The number of halogens is 2.